The molecule has 0 unspecified atom stereocenters. The zero-order valence-corrected chi connectivity index (χ0v) is 22.7. The summed E-state index contributed by atoms with van der Waals surface area (Å²) in [7, 11) is 0. The first kappa shape index (κ1) is 27.6. The van der Waals surface area contributed by atoms with Crippen LogP contribution in [0.2, 0.25) is 0 Å². The highest BCUT2D eigenvalue weighted by molar-refractivity contribution is 6.08. The van der Waals surface area contributed by atoms with Gasteiger partial charge in [-0.1, -0.05) is 44.2 Å². The van der Waals surface area contributed by atoms with Gasteiger partial charge in [-0.3, -0.25) is 19.3 Å². The van der Waals surface area contributed by atoms with Crippen LogP contribution >= 0.6 is 0 Å². The number of benzene rings is 2. The summed E-state index contributed by atoms with van der Waals surface area (Å²) in [4.78, 5) is 66.0. The molecule has 2 saturated carbocycles. The molecule has 40 heavy (non-hydrogen) atoms. The zero-order valence-electron chi connectivity index (χ0n) is 22.7. The Morgan fingerprint density at radius 1 is 0.900 bits per heavy atom. The maximum atomic E-state index is 13.4. The van der Waals surface area contributed by atoms with E-state index in [0.717, 1.165) is 29.7 Å². The van der Waals surface area contributed by atoms with Crippen LogP contribution in [0.5, 0.6) is 0 Å². The third kappa shape index (κ3) is 5.64. The van der Waals surface area contributed by atoms with Crippen molar-refractivity contribution in [3.05, 3.63) is 65.7 Å². The molecule has 2 bridgehead atoms. The normalized spacial score (nSPS) is 23.7. The van der Waals surface area contributed by atoms with Crippen molar-refractivity contribution in [2.75, 3.05) is 18.5 Å². The molecule has 0 spiro atoms. The Kier molecular flexibility index (Phi) is 8.00. The summed E-state index contributed by atoms with van der Waals surface area (Å²) >= 11 is 0. The van der Waals surface area contributed by atoms with Gasteiger partial charge in [0.1, 0.15) is 6.04 Å². The monoisotopic (exact) mass is 546 g/mol. The van der Waals surface area contributed by atoms with Crippen molar-refractivity contribution >= 4 is 35.3 Å². The summed E-state index contributed by atoms with van der Waals surface area (Å²) < 4.78 is 10.6. The average molecular weight is 547 g/mol. The van der Waals surface area contributed by atoms with E-state index in [1.165, 1.54) is 12.1 Å². The minimum atomic E-state index is -1.14. The lowest BCUT2D eigenvalue weighted by molar-refractivity contribution is -0.160. The number of hydrogen-bond acceptors (Lipinski definition) is 7. The molecule has 5 rings (SSSR count). The smallest absolute Gasteiger partial charge is 0.338 e. The Morgan fingerprint density at radius 2 is 1.52 bits per heavy atom. The number of esters is 2. The van der Waals surface area contributed by atoms with Crippen LogP contribution in [0.3, 0.4) is 0 Å². The SMILES string of the molecule is CC(C)COC(=O)c1ccc(NC(=O)COC(=O)[C@@H](Cc2ccccc2)N2C(=O)[C@@H]3[C@H]4CC[C@@H](C4)[C@@H]3C2=O)cc1. The molecule has 5 atom stereocenters. The quantitative estimate of drug-likeness (QED) is 0.357. The standard InChI is InChI=1S/C31H34N2O7/c1-18(2)16-39-30(37)20-10-12-23(13-11-20)32-25(34)17-40-31(38)24(14-19-6-4-3-5-7-19)33-28(35)26-21-8-9-22(15-21)27(26)29(33)36/h3-7,10-13,18,21-22,24,26-27H,8-9,14-17H2,1-2H3,(H,32,34)/t21-,22-,24+,26-,27+/m0/s1. The summed E-state index contributed by atoms with van der Waals surface area (Å²) in [5.74, 6) is -2.53. The van der Waals surface area contributed by atoms with Crippen LogP contribution < -0.4 is 5.32 Å². The van der Waals surface area contributed by atoms with Crippen molar-refractivity contribution in [1.29, 1.82) is 0 Å². The average Bonchev–Trinajstić information content (AvgIpc) is 3.64. The van der Waals surface area contributed by atoms with Crippen LogP contribution in [0.1, 0.15) is 49.0 Å². The predicted octanol–water partition coefficient (Wildman–Crippen LogP) is 3.62. The van der Waals surface area contributed by atoms with Gasteiger partial charge in [-0.15, -0.1) is 0 Å². The number of amides is 3. The maximum absolute atomic E-state index is 13.4. The van der Waals surface area contributed by atoms with E-state index in [2.05, 4.69) is 5.32 Å². The highest BCUT2D eigenvalue weighted by atomic mass is 16.5. The summed E-state index contributed by atoms with van der Waals surface area (Å²) in [6.07, 6.45) is 2.89. The van der Waals surface area contributed by atoms with E-state index in [1.807, 2.05) is 44.2 Å². The van der Waals surface area contributed by atoms with Gasteiger partial charge in [-0.25, -0.2) is 9.59 Å². The van der Waals surface area contributed by atoms with Crippen LogP contribution in [0, 0.1) is 29.6 Å². The molecule has 3 amide bonds. The number of likely N-dealkylation sites (tertiary alicyclic amines) is 1. The minimum absolute atomic E-state index is 0.113. The molecule has 2 aromatic carbocycles. The van der Waals surface area contributed by atoms with Crippen molar-refractivity contribution in [1.82, 2.24) is 4.90 Å². The van der Waals surface area contributed by atoms with Crippen molar-refractivity contribution in [3.63, 3.8) is 0 Å². The van der Waals surface area contributed by atoms with Gasteiger partial charge in [0.25, 0.3) is 5.91 Å². The molecule has 9 heteroatoms. The molecule has 2 aromatic rings. The van der Waals surface area contributed by atoms with Crippen LogP contribution in [0.15, 0.2) is 54.6 Å². The van der Waals surface area contributed by atoms with E-state index in [4.69, 9.17) is 9.47 Å². The molecular formula is C31H34N2O7. The van der Waals surface area contributed by atoms with Crippen molar-refractivity contribution in [3.8, 4) is 0 Å². The van der Waals surface area contributed by atoms with Gasteiger partial charge in [0, 0.05) is 12.1 Å². The Morgan fingerprint density at radius 3 is 2.12 bits per heavy atom. The molecule has 9 nitrogen and oxygen atoms in total. The summed E-state index contributed by atoms with van der Waals surface area (Å²) in [5, 5.41) is 2.63. The largest absolute Gasteiger partial charge is 0.462 e. The fourth-order valence-electron chi connectivity index (χ4n) is 6.30. The number of hydrogen-bond donors (Lipinski definition) is 1. The van der Waals surface area contributed by atoms with Gasteiger partial charge in [0.2, 0.25) is 11.8 Å². The molecule has 1 N–H and O–H groups in total. The first-order valence-corrected chi connectivity index (χ1v) is 13.9. The molecule has 1 aliphatic heterocycles. The highest BCUT2D eigenvalue weighted by Gasteiger charge is 2.62. The molecule has 1 heterocycles. The number of anilines is 1. The fraction of sp³-hybridized carbons (Fsp3) is 0.452. The number of rotatable bonds is 10. The fourth-order valence-corrected chi connectivity index (χ4v) is 6.30. The topological polar surface area (TPSA) is 119 Å². The summed E-state index contributed by atoms with van der Waals surface area (Å²) in [5.41, 5.74) is 1.55. The van der Waals surface area contributed by atoms with E-state index in [9.17, 15) is 24.0 Å². The van der Waals surface area contributed by atoms with E-state index < -0.39 is 30.5 Å². The minimum Gasteiger partial charge on any atom is -0.462 e. The number of imide groups is 1. The Hall–Kier alpha value is -4.01. The molecule has 0 aromatic heterocycles. The van der Waals surface area contributed by atoms with Crippen LogP contribution in [0.25, 0.3) is 0 Å². The molecule has 1 saturated heterocycles. The lowest BCUT2D eigenvalue weighted by Crippen LogP contribution is -2.48. The highest BCUT2D eigenvalue weighted by Crippen LogP contribution is 2.56. The Bertz CT molecular complexity index is 1260. The Balaban J connectivity index is 1.22. The predicted molar refractivity (Wildman–Crippen MR) is 145 cm³/mol. The Labute approximate surface area is 233 Å². The summed E-state index contributed by atoms with van der Waals surface area (Å²) in [6.45, 7) is 3.61. The van der Waals surface area contributed by atoms with Gasteiger partial charge in [0.05, 0.1) is 24.0 Å². The molecule has 2 aliphatic carbocycles. The second-order valence-electron chi connectivity index (χ2n) is 11.4. The van der Waals surface area contributed by atoms with Crippen molar-refractivity contribution < 1.29 is 33.4 Å². The second kappa shape index (κ2) is 11.6. The van der Waals surface area contributed by atoms with Gasteiger partial charge in [-0.2, -0.15) is 0 Å². The lowest BCUT2D eigenvalue weighted by Gasteiger charge is -2.26. The van der Waals surface area contributed by atoms with Crippen molar-refractivity contribution in [2.24, 2.45) is 29.6 Å². The van der Waals surface area contributed by atoms with Gasteiger partial charge >= 0.3 is 11.9 Å². The summed E-state index contributed by atoms with van der Waals surface area (Å²) in [6, 6.07) is 14.2. The third-order valence-corrected chi connectivity index (χ3v) is 8.11. The molecule has 3 fully saturated rings. The van der Waals surface area contributed by atoms with Crippen LogP contribution in [-0.4, -0.2) is 53.8 Å². The molecule has 210 valence electrons. The number of fused-ring (bicyclic) bond motifs is 5. The lowest BCUT2D eigenvalue weighted by atomic mass is 9.81. The zero-order chi connectivity index (χ0) is 28.4. The second-order valence-corrected chi connectivity index (χ2v) is 11.4. The van der Waals surface area contributed by atoms with Gasteiger partial charge in [0.15, 0.2) is 6.61 Å². The van der Waals surface area contributed by atoms with E-state index in [1.54, 1.807) is 12.1 Å². The first-order valence-electron chi connectivity index (χ1n) is 13.9. The molecule has 3 aliphatic rings. The van der Waals surface area contributed by atoms with Gasteiger partial charge < -0.3 is 14.8 Å². The first-order chi connectivity index (χ1) is 19.2. The van der Waals surface area contributed by atoms with Crippen molar-refractivity contribution in [2.45, 2.75) is 45.6 Å². The van der Waals surface area contributed by atoms with Crippen LogP contribution in [-0.2, 0) is 35.1 Å². The molecular weight excluding hydrogens is 512 g/mol. The number of nitrogens with zero attached hydrogens (tertiary/aromatic N) is 1. The van der Waals surface area contributed by atoms with E-state index >= 15 is 0 Å². The molecule has 0 radical (unpaired) electrons. The number of carbonyl (C=O) groups is 5. The third-order valence-electron chi connectivity index (χ3n) is 8.11. The van der Waals surface area contributed by atoms with Crippen LogP contribution in [0.4, 0.5) is 5.69 Å². The van der Waals surface area contributed by atoms with E-state index in [0.29, 0.717) is 17.9 Å². The maximum Gasteiger partial charge on any atom is 0.338 e. The number of ether oxygens (including phenoxy) is 2. The van der Waals surface area contributed by atoms with E-state index in [-0.39, 0.29) is 47.8 Å². The number of carbonyl (C=O) groups excluding carboxylic acids is 5. The number of nitrogens with one attached hydrogen (secondary N) is 1. The van der Waals surface area contributed by atoms with Gasteiger partial charge in [-0.05, 0) is 66.8 Å².